The van der Waals surface area contributed by atoms with Crippen LogP contribution in [-0.4, -0.2) is 31.6 Å². The van der Waals surface area contributed by atoms with E-state index in [1.807, 2.05) is 17.5 Å². The summed E-state index contributed by atoms with van der Waals surface area (Å²) in [7, 11) is 1.36. The molecule has 1 aliphatic rings. The number of rotatable bonds is 5. The number of benzene rings is 1. The maximum Gasteiger partial charge on any atom is 0.337 e. The molecule has 0 aliphatic carbocycles. The summed E-state index contributed by atoms with van der Waals surface area (Å²) in [5.41, 5.74) is 1.47. The molecular formula is C17H17NO4S. The topological polar surface area (TPSA) is 64.6 Å². The summed E-state index contributed by atoms with van der Waals surface area (Å²) in [4.78, 5) is 24.5. The van der Waals surface area contributed by atoms with E-state index in [4.69, 9.17) is 9.47 Å². The molecule has 0 bridgehead atoms. The van der Waals surface area contributed by atoms with Crippen molar-refractivity contribution in [1.29, 1.82) is 0 Å². The monoisotopic (exact) mass is 331 g/mol. The number of methoxy groups -OCH3 is 1. The van der Waals surface area contributed by atoms with Gasteiger partial charge in [0.1, 0.15) is 11.9 Å². The Morgan fingerprint density at radius 1 is 1.39 bits per heavy atom. The second-order valence-electron chi connectivity index (χ2n) is 5.32. The van der Waals surface area contributed by atoms with Crippen LogP contribution in [0.3, 0.4) is 0 Å². The number of carbonyl (C=O) groups is 2. The average molecular weight is 331 g/mol. The van der Waals surface area contributed by atoms with Gasteiger partial charge in [-0.25, -0.2) is 4.79 Å². The molecule has 0 unspecified atom stereocenters. The van der Waals surface area contributed by atoms with Crippen molar-refractivity contribution in [3.63, 3.8) is 0 Å². The highest BCUT2D eigenvalue weighted by Gasteiger charge is 2.24. The predicted octanol–water partition coefficient (Wildman–Crippen LogP) is 2.20. The first kappa shape index (κ1) is 15.6. The lowest BCUT2D eigenvalue weighted by Gasteiger charge is -2.11. The first-order valence-corrected chi connectivity index (χ1v) is 8.20. The zero-order valence-corrected chi connectivity index (χ0v) is 13.5. The van der Waals surface area contributed by atoms with E-state index in [9.17, 15) is 9.59 Å². The van der Waals surface area contributed by atoms with Crippen molar-refractivity contribution in [2.24, 2.45) is 0 Å². The summed E-state index contributed by atoms with van der Waals surface area (Å²) < 4.78 is 10.5. The van der Waals surface area contributed by atoms with E-state index in [0.717, 1.165) is 16.2 Å². The van der Waals surface area contributed by atoms with Gasteiger partial charge in [0, 0.05) is 11.3 Å². The van der Waals surface area contributed by atoms with Gasteiger partial charge in [0.15, 0.2) is 0 Å². The molecule has 120 valence electrons. The van der Waals surface area contributed by atoms with Crippen LogP contribution in [0.2, 0.25) is 0 Å². The number of thiophene rings is 1. The van der Waals surface area contributed by atoms with Gasteiger partial charge < -0.3 is 14.8 Å². The van der Waals surface area contributed by atoms with Gasteiger partial charge in [-0.3, -0.25) is 4.79 Å². The smallest absolute Gasteiger partial charge is 0.337 e. The summed E-state index contributed by atoms with van der Waals surface area (Å²) >= 11 is 1.57. The molecule has 1 aliphatic heterocycles. The molecule has 1 amide bonds. The van der Waals surface area contributed by atoms with Crippen LogP contribution in [0.1, 0.15) is 20.8 Å². The number of esters is 1. The van der Waals surface area contributed by atoms with Crippen molar-refractivity contribution < 1.29 is 19.1 Å². The zero-order chi connectivity index (χ0) is 16.2. The normalized spacial score (nSPS) is 15.6. The zero-order valence-electron chi connectivity index (χ0n) is 12.7. The third kappa shape index (κ3) is 3.71. The molecule has 0 radical (unpaired) electrons. The lowest BCUT2D eigenvalue weighted by atomic mass is 10.1. The van der Waals surface area contributed by atoms with Gasteiger partial charge >= 0.3 is 5.97 Å². The average Bonchev–Trinajstić information content (AvgIpc) is 3.20. The minimum atomic E-state index is -0.361. The number of fused-ring (bicyclic) bond motifs is 1. The minimum Gasteiger partial charge on any atom is -0.488 e. The van der Waals surface area contributed by atoms with E-state index in [1.54, 1.807) is 29.5 Å². The second-order valence-corrected chi connectivity index (χ2v) is 6.35. The number of hydrogen-bond donors (Lipinski definition) is 1. The molecule has 1 atom stereocenters. The van der Waals surface area contributed by atoms with Crippen LogP contribution >= 0.6 is 11.3 Å². The largest absolute Gasteiger partial charge is 0.488 e. The second kappa shape index (κ2) is 6.83. The molecule has 0 saturated heterocycles. The molecule has 0 fully saturated rings. The fourth-order valence-corrected chi connectivity index (χ4v) is 3.24. The van der Waals surface area contributed by atoms with Crippen LogP contribution < -0.4 is 10.1 Å². The standard InChI is InChI=1S/C17H17NO4S/c1-21-17(20)11-4-5-15-12(7-11)8-13(22-15)10-18-16(19)9-14-3-2-6-23-14/h2-7,13H,8-10H2,1H3,(H,18,19)/t13-/m1/s1. The predicted molar refractivity (Wildman–Crippen MR) is 86.9 cm³/mol. The lowest BCUT2D eigenvalue weighted by Crippen LogP contribution is -2.35. The van der Waals surface area contributed by atoms with Crippen molar-refractivity contribution in [2.45, 2.75) is 18.9 Å². The molecule has 2 heterocycles. The van der Waals surface area contributed by atoms with Crippen molar-refractivity contribution >= 4 is 23.2 Å². The Balaban J connectivity index is 1.53. The van der Waals surface area contributed by atoms with Gasteiger partial charge in [-0.15, -0.1) is 11.3 Å². The molecule has 6 heteroatoms. The molecule has 0 saturated carbocycles. The Morgan fingerprint density at radius 2 is 2.26 bits per heavy atom. The number of carbonyl (C=O) groups excluding carboxylic acids is 2. The van der Waals surface area contributed by atoms with Crippen molar-refractivity contribution in [2.75, 3.05) is 13.7 Å². The summed E-state index contributed by atoms with van der Waals surface area (Å²) in [5.74, 6) is 0.387. The molecular weight excluding hydrogens is 314 g/mol. The van der Waals surface area contributed by atoms with E-state index >= 15 is 0 Å². The third-order valence-electron chi connectivity index (χ3n) is 3.66. The number of hydrogen-bond acceptors (Lipinski definition) is 5. The van der Waals surface area contributed by atoms with Crippen LogP contribution in [0.25, 0.3) is 0 Å². The van der Waals surface area contributed by atoms with E-state index in [0.29, 0.717) is 24.9 Å². The van der Waals surface area contributed by atoms with E-state index < -0.39 is 0 Å². The molecule has 23 heavy (non-hydrogen) atoms. The van der Waals surface area contributed by atoms with E-state index in [-0.39, 0.29) is 18.0 Å². The summed E-state index contributed by atoms with van der Waals surface area (Å²) in [6.07, 6.45) is 0.952. The van der Waals surface area contributed by atoms with E-state index in [2.05, 4.69) is 5.32 Å². The quantitative estimate of drug-likeness (QED) is 0.853. The van der Waals surface area contributed by atoms with Crippen LogP contribution in [-0.2, 0) is 22.4 Å². The minimum absolute atomic E-state index is 0.0118. The molecule has 5 nitrogen and oxygen atoms in total. The molecule has 1 aromatic heterocycles. The highest BCUT2D eigenvalue weighted by Crippen LogP contribution is 2.29. The van der Waals surface area contributed by atoms with Crippen LogP contribution in [0, 0.1) is 0 Å². The maximum atomic E-state index is 11.9. The highest BCUT2D eigenvalue weighted by atomic mass is 32.1. The molecule has 2 aromatic rings. The first-order chi connectivity index (χ1) is 11.2. The Kier molecular flexibility index (Phi) is 4.62. The van der Waals surface area contributed by atoms with E-state index in [1.165, 1.54) is 7.11 Å². The summed E-state index contributed by atoms with van der Waals surface area (Å²) in [6, 6.07) is 9.12. The van der Waals surface area contributed by atoms with Gasteiger partial charge in [0.2, 0.25) is 5.91 Å². The van der Waals surface area contributed by atoms with Gasteiger partial charge in [0.25, 0.3) is 0 Å². The Bertz CT molecular complexity index is 711. The Hall–Kier alpha value is -2.34. The molecule has 0 spiro atoms. The van der Waals surface area contributed by atoms with Crippen molar-refractivity contribution in [1.82, 2.24) is 5.32 Å². The SMILES string of the molecule is COC(=O)c1ccc2c(c1)C[C@H](CNC(=O)Cc1cccs1)O2. The van der Waals surface area contributed by atoms with Gasteiger partial charge in [-0.2, -0.15) is 0 Å². The number of amides is 1. The van der Waals surface area contributed by atoms with Gasteiger partial charge in [-0.1, -0.05) is 6.07 Å². The molecule has 3 rings (SSSR count). The number of ether oxygens (including phenoxy) is 2. The third-order valence-corrected chi connectivity index (χ3v) is 4.54. The summed E-state index contributed by atoms with van der Waals surface area (Å²) in [5, 5.41) is 4.85. The van der Waals surface area contributed by atoms with Gasteiger partial charge in [-0.05, 0) is 35.2 Å². The Labute approximate surface area is 138 Å². The van der Waals surface area contributed by atoms with Crippen molar-refractivity contribution in [3.8, 4) is 5.75 Å². The van der Waals surface area contributed by atoms with Crippen LogP contribution in [0.15, 0.2) is 35.7 Å². The van der Waals surface area contributed by atoms with Crippen molar-refractivity contribution in [3.05, 3.63) is 51.7 Å². The van der Waals surface area contributed by atoms with Crippen LogP contribution in [0.5, 0.6) is 5.75 Å². The van der Waals surface area contributed by atoms with Crippen LogP contribution in [0.4, 0.5) is 0 Å². The fraction of sp³-hybridized carbons (Fsp3) is 0.294. The Morgan fingerprint density at radius 3 is 3.00 bits per heavy atom. The van der Waals surface area contributed by atoms with Gasteiger partial charge in [0.05, 0.1) is 25.6 Å². The lowest BCUT2D eigenvalue weighted by molar-refractivity contribution is -0.120. The first-order valence-electron chi connectivity index (χ1n) is 7.32. The fourth-order valence-electron chi connectivity index (χ4n) is 2.54. The maximum absolute atomic E-state index is 11.9. The number of nitrogens with one attached hydrogen (secondary N) is 1. The highest BCUT2D eigenvalue weighted by molar-refractivity contribution is 7.10. The molecule has 1 aromatic carbocycles. The molecule has 1 N–H and O–H groups in total. The summed E-state index contributed by atoms with van der Waals surface area (Å²) in [6.45, 7) is 0.451.